The number of benzene rings is 1. The molecule has 0 radical (unpaired) electrons. The SMILES string of the molecule is Cc1nc(C(=O)Nc2ccc(N3CCCCC3)cc2)cc(N2CCCCCC2)n1. The van der Waals surface area contributed by atoms with Gasteiger partial charge in [-0.05, 0) is 63.3 Å². The lowest BCUT2D eigenvalue weighted by molar-refractivity contribution is 0.102. The van der Waals surface area contributed by atoms with Gasteiger partial charge in [-0.1, -0.05) is 12.8 Å². The Kier molecular flexibility index (Phi) is 6.27. The Balaban J connectivity index is 1.45. The Morgan fingerprint density at radius 1 is 0.828 bits per heavy atom. The molecule has 6 nitrogen and oxygen atoms in total. The van der Waals surface area contributed by atoms with Gasteiger partial charge in [-0.15, -0.1) is 0 Å². The molecule has 29 heavy (non-hydrogen) atoms. The molecule has 0 atom stereocenters. The van der Waals surface area contributed by atoms with Gasteiger partial charge in [0.25, 0.3) is 5.91 Å². The lowest BCUT2D eigenvalue weighted by atomic mass is 10.1. The van der Waals surface area contributed by atoms with Gasteiger partial charge in [-0.2, -0.15) is 0 Å². The maximum absolute atomic E-state index is 12.8. The van der Waals surface area contributed by atoms with Gasteiger partial charge in [0.05, 0.1) is 0 Å². The van der Waals surface area contributed by atoms with Crippen molar-refractivity contribution >= 4 is 23.1 Å². The lowest BCUT2D eigenvalue weighted by Crippen LogP contribution is -2.29. The molecule has 0 saturated carbocycles. The highest BCUT2D eigenvalue weighted by molar-refractivity contribution is 6.03. The van der Waals surface area contributed by atoms with E-state index in [-0.39, 0.29) is 5.91 Å². The monoisotopic (exact) mass is 393 g/mol. The topological polar surface area (TPSA) is 61.4 Å². The number of piperidine rings is 1. The van der Waals surface area contributed by atoms with Gasteiger partial charge in [0.2, 0.25) is 0 Å². The number of aryl methyl sites for hydroxylation is 1. The van der Waals surface area contributed by atoms with Crippen LogP contribution in [0.1, 0.15) is 61.3 Å². The molecular formula is C23H31N5O. The molecule has 1 N–H and O–H groups in total. The van der Waals surface area contributed by atoms with Crippen LogP contribution >= 0.6 is 0 Å². The van der Waals surface area contributed by atoms with Crippen molar-refractivity contribution in [2.45, 2.75) is 51.9 Å². The van der Waals surface area contributed by atoms with Gasteiger partial charge in [0.15, 0.2) is 0 Å². The number of aromatic nitrogens is 2. The molecule has 0 spiro atoms. The van der Waals surface area contributed by atoms with Crippen LogP contribution in [0.5, 0.6) is 0 Å². The summed E-state index contributed by atoms with van der Waals surface area (Å²) < 4.78 is 0. The summed E-state index contributed by atoms with van der Waals surface area (Å²) in [6, 6.07) is 9.97. The van der Waals surface area contributed by atoms with Crippen LogP contribution in [-0.4, -0.2) is 42.1 Å². The van der Waals surface area contributed by atoms with Gasteiger partial charge in [-0.25, -0.2) is 9.97 Å². The summed E-state index contributed by atoms with van der Waals surface area (Å²) in [7, 11) is 0. The van der Waals surface area contributed by atoms with Crippen LogP contribution in [0.25, 0.3) is 0 Å². The molecule has 1 amide bonds. The van der Waals surface area contributed by atoms with E-state index in [0.717, 1.165) is 37.7 Å². The molecule has 2 saturated heterocycles. The van der Waals surface area contributed by atoms with E-state index in [1.165, 1.54) is 50.6 Å². The maximum Gasteiger partial charge on any atom is 0.274 e. The van der Waals surface area contributed by atoms with Crippen LogP contribution in [0.4, 0.5) is 17.2 Å². The second-order valence-corrected chi connectivity index (χ2v) is 8.11. The fourth-order valence-corrected chi connectivity index (χ4v) is 4.23. The van der Waals surface area contributed by atoms with Crippen molar-refractivity contribution in [1.82, 2.24) is 9.97 Å². The normalized spacial score (nSPS) is 17.7. The van der Waals surface area contributed by atoms with Gasteiger partial charge in [0, 0.05) is 43.6 Å². The third-order valence-electron chi connectivity index (χ3n) is 5.83. The van der Waals surface area contributed by atoms with Gasteiger partial charge < -0.3 is 15.1 Å². The minimum Gasteiger partial charge on any atom is -0.372 e. The number of anilines is 3. The van der Waals surface area contributed by atoms with Crippen LogP contribution in [0, 0.1) is 6.92 Å². The third kappa shape index (κ3) is 5.05. The van der Waals surface area contributed by atoms with Crippen molar-refractivity contribution in [3.05, 3.63) is 41.9 Å². The minimum atomic E-state index is -0.183. The molecule has 0 unspecified atom stereocenters. The molecule has 1 aromatic carbocycles. The summed E-state index contributed by atoms with van der Waals surface area (Å²) in [4.78, 5) is 26.5. The van der Waals surface area contributed by atoms with E-state index < -0.39 is 0 Å². The molecule has 0 bridgehead atoms. The summed E-state index contributed by atoms with van der Waals surface area (Å²) in [5, 5.41) is 2.99. The number of nitrogens with zero attached hydrogens (tertiary/aromatic N) is 4. The Bertz CT molecular complexity index is 822. The number of hydrogen-bond donors (Lipinski definition) is 1. The molecule has 2 aliphatic rings. The van der Waals surface area contributed by atoms with Crippen LogP contribution in [0.2, 0.25) is 0 Å². The molecule has 2 aromatic rings. The first-order chi connectivity index (χ1) is 14.2. The third-order valence-corrected chi connectivity index (χ3v) is 5.83. The highest BCUT2D eigenvalue weighted by Gasteiger charge is 2.17. The van der Waals surface area contributed by atoms with E-state index in [4.69, 9.17) is 0 Å². The summed E-state index contributed by atoms with van der Waals surface area (Å²) in [5.74, 6) is 1.32. The number of amides is 1. The number of carbonyl (C=O) groups excluding carboxylic acids is 1. The zero-order valence-corrected chi connectivity index (χ0v) is 17.4. The van der Waals surface area contributed by atoms with Crippen LogP contribution in [0.3, 0.4) is 0 Å². The zero-order valence-electron chi connectivity index (χ0n) is 17.4. The number of hydrogen-bond acceptors (Lipinski definition) is 5. The average molecular weight is 394 g/mol. The van der Waals surface area contributed by atoms with Crippen LogP contribution in [-0.2, 0) is 0 Å². The number of rotatable bonds is 4. The standard InChI is InChI=1S/C23H31N5O/c1-18-24-21(17-22(25-18)28-15-5-2-3-6-16-28)23(29)26-19-9-11-20(12-10-19)27-13-7-4-8-14-27/h9-12,17H,2-8,13-16H2,1H3,(H,26,29). The first kappa shape index (κ1) is 19.7. The summed E-state index contributed by atoms with van der Waals surface area (Å²) in [6.07, 6.45) is 8.71. The highest BCUT2D eigenvalue weighted by atomic mass is 16.1. The smallest absolute Gasteiger partial charge is 0.274 e. The largest absolute Gasteiger partial charge is 0.372 e. The quantitative estimate of drug-likeness (QED) is 0.834. The zero-order chi connectivity index (χ0) is 20.1. The van der Waals surface area contributed by atoms with Crippen molar-refractivity contribution in [2.75, 3.05) is 41.3 Å². The van der Waals surface area contributed by atoms with Crippen LogP contribution in [0.15, 0.2) is 30.3 Å². The molecule has 2 aliphatic heterocycles. The molecule has 3 heterocycles. The first-order valence-electron chi connectivity index (χ1n) is 11.0. The predicted octanol–water partition coefficient (Wildman–Crippen LogP) is 4.41. The minimum absolute atomic E-state index is 0.183. The van der Waals surface area contributed by atoms with Crippen molar-refractivity contribution < 1.29 is 4.79 Å². The Morgan fingerprint density at radius 2 is 1.41 bits per heavy atom. The molecule has 2 fully saturated rings. The molecule has 154 valence electrons. The van der Waals surface area contributed by atoms with Gasteiger partial charge in [-0.3, -0.25) is 4.79 Å². The fraction of sp³-hybridized carbons (Fsp3) is 0.522. The van der Waals surface area contributed by atoms with E-state index in [2.05, 4.69) is 37.2 Å². The number of carbonyl (C=O) groups is 1. The van der Waals surface area contributed by atoms with Crippen LogP contribution < -0.4 is 15.1 Å². The second kappa shape index (κ2) is 9.25. The Hall–Kier alpha value is -2.63. The first-order valence-corrected chi connectivity index (χ1v) is 11.0. The molecule has 0 aliphatic carbocycles. The maximum atomic E-state index is 12.8. The predicted molar refractivity (Wildman–Crippen MR) is 118 cm³/mol. The fourth-order valence-electron chi connectivity index (χ4n) is 4.23. The molecular weight excluding hydrogens is 362 g/mol. The molecule has 1 aromatic heterocycles. The van der Waals surface area contributed by atoms with Gasteiger partial charge >= 0.3 is 0 Å². The van der Waals surface area contributed by atoms with E-state index >= 15 is 0 Å². The Morgan fingerprint density at radius 3 is 2.07 bits per heavy atom. The van der Waals surface area contributed by atoms with Crippen molar-refractivity contribution in [2.24, 2.45) is 0 Å². The molecule has 4 rings (SSSR count). The summed E-state index contributed by atoms with van der Waals surface area (Å²) in [5.41, 5.74) is 2.45. The highest BCUT2D eigenvalue weighted by Crippen LogP contribution is 2.23. The van der Waals surface area contributed by atoms with E-state index in [0.29, 0.717) is 11.5 Å². The second-order valence-electron chi connectivity index (χ2n) is 8.11. The van der Waals surface area contributed by atoms with E-state index in [1.54, 1.807) is 0 Å². The average Bonchev–Trinajstić information content (AvgIpc) is 3.04. The van der Waals surface area contributed by atoms with Crippen molar-refractivity contribution in [3.63, 3.8) is 0 Å². The summed E-state index contributed by atoms with van der Waals surface area (Å²) in [6.45, 7) is 6.08. The van der Waals surface area contributed by atoms with Gasteiger partial charge in [0.1, 0.15) is 17.3 Å². The van der Waals surface area contributed by atoms with E-state index in [1.807, 2.05) is 25.1 Å². The van der Waals surface area contributed by atoms with Crippen molar-refractivity contribution in [1.29, 1.82) is 0 Å². The number of nitrogens with one attached hydrogen (secondary N) is 1. The van der Waals surface area contributed by atoms with Crippen molar-refractivity contribution in [3.8, 4) is 0 Å². The van der Waals surface area contributed by atoms with E-state index in [9.17, 15) is 4.79 Å². The summed E-state index contributed by atoms with van der Waals surface area (Å²) >= 11 is 0. The lowest BCUT2D eigenvalue weighted by Gasteiger charge is -2.28. The molecule has 6 heteroatoms. The Labute approximate surface area is 173 Å².